The Bertz CT molecular complexity index is 1020. The molecule has 1 aromatic carbocycles. The number of hydrogen-bond acceptors (Lipinski definition) is 8. The first-order valence-corrected chi connectivity index (χ1v) is 12.3. The predicted molar refractivity (Wildman–Crippen MR) is 136 cm³/mol. The van der Waals surface area contributed by atoms with Crippen LogP contribution in [0.15, 0.2) is 18.2 Å². The molecule has 2 fully saturated rings. The number of ether oxygens (including phenoxy) is 1. The summed E-state index contributed by atoms with van der Waals surface area (Å²) in [4.78, 5) is 28.1. The van der Waals surface area contributed by atoms with Gasteiger partial charge in [0.2, 0.25) is 0 Å². The summed E-state index contributed by atoms with van der Waals surface area (Å²) in [5, 5.41) is 3.45. The number of piperidine rings is 1. The van der Waals surface area contributed by atoms with Crippen molar-refractivity contribution in [2.45, 2.75) is 32.2 Å². The number of carbonyl (C=O) groups is 1. The molecule has 0 atom stereocenters. The third-order valence-corrected chi connectivity index (χ3v) is 7.09. The number of piperazine rings is 1. The van der Waals surface area contributed by atoms with Crippen molar-refractivity contribution in [1.29, 1.82) is 0 Å². The molecule has 0 aliphatic carbocycles. The Morgan fingerprint density at radius 2 is 1.88 bits per heavy atom. The molecular formula is C24H34ClN7O2. The first kappa shape index (κ1) is 24.5. The molecule has 3 N–H and O–H groups in total. The van der Waals surface area contributed by atoms with E-state index in [1.54, 1.807) is 7.11 Å². The van der Waals surface area contributed by atoms with Crippen LogP contribution in [0.3, 0.4) is 0 Å². The highest BCUT2D eigenvalue weighted by molar-refractivity contribution is 6.30. The van der Waals surface area contributed by atoms with Crippen LogP contribution in [0.2, 0.25) is 5.15 Å². The second-order valence-corrected chi connectivity index (χ2v) is 9.30. The zero-order valence-corrected chi connectivity index (χ0v) is 20.9. The lowest BCUT2D eigenvalue weighted by molar-refractivity contribution is 0.0981. The van der Waals surface area contributed by atoms with E-state index in [0.29, 0.717) is 18.2 Å². The number of nitrogens with zero attached hydrogens (tertiary/aromatic N) is 5. The maximum atomic E-state index is 12.0. The van der Waals surface area contributed by atoms with Crippen LogP contribution in [0.25, 0.3) is 0 Å². The fourth-order valence-corrected chi connectivity index (χ4v) is 5.00. The Morgan fingerprint density at radius 1 is 1.18 bits per heavy atom. The standard InChI is InChI=1S/C24H34ClN7O2/c1-4-18-22(25)29-24(21(28-18)23(26)33)27-16-5-6-20(34-3)19(15-16)32-9-7-17(8-10-32)31-13-11-30(2)12-14-31/h5-6,15,17H,4,7-14H2,1-3H3,(H2,26,33)(H,27,29). The number of benzene rings is 1. The first-order chi connectivity index (χ1) is 16.4. The van der Waals surface area contributed by atoms with Crippen LogP contribution in [-0.2, 0) is 6.42 Å². The van der Waals surface area contributed by atoms with Gasteiger partial charge >= 0.3 is 0 Å². The number of likely N-dealkylation sites (N-methyl/N-ethyl adjacent to an activating group) is 1. The van der Waals surface area contributed by atoms with Gasteiger partial charge in [0.25, 0.3) is 5.91 Å². The number of amides is 1. The Morgan fingerprint density at radius 3 is 2.50 bits per heavy atom. The lowest BCUT2D eigenvalue weighted by atomic mass is 10.0. The van der Waals surface area contributed by atoms with E-state index in [2.05, 4.69) is 37.0 Å². The van der Waals surface area contributed by atoms with E-state index in [1.807, 2.05) is 25.1 Å². The summed E-state index contributed by atoms with van der Waals surface area (Å²) in [5.74, 6) is 0.407. The molecule has 2 aliphatic rings. The number of nitrogens with two attached hydrogens (primary N) is 1. The zero-order valence-electron chi connectivity index (χ0n) is 20.2. The summed E-state index contributed by atoms with van der Waals surface area (Å²) >= 11 is 6.26. The quantitative estimate of drug-likeness (QED) is 0.615. The Kier molecular flexibility index (Phi) is 7.75. The minimum atomic E-state index is -0.652. The molecule has 3 heterocycles. The second kappa shape index (κ2) is 10.8. The number of rotatable bonds is 7. The molecule has 10 heteroatoms. The van der Waals surface area contributed by atoms with Gasteiger partial charge in [-0.05, 0) is 44.5 Å². The summed E-state index contributed by atoms with van der Waals surface area (Å²) < 4.78 is 5.66. The van der Waals surface area contributed by atoms with Gasteiger partial charge in [-0.2, -0.15) is 0 Å². The summed E-state index contributed by atoms with van der Waals surface area (Å²) in [6.45, 7) is 8.39. The number of carbonyl (C=O) groups excluding carboxylic acids is 1. The van der Waals surface area contributed by atoms with Crippen molar-refractivity contribution in [1.82, 2.24) is 19.8 Å². The largest absolute Gasteiger partial charge is 0.495 e. The molecule has 0 spiro atoms. The number of anilines is 3. The molecule has 184 valence electrons. The fraction of sp³-hybridized carbons (Fsp3) is 0.542. The van der Waals surface area contributed by atoms with Crippen molar-refractivity contribution >= 4 is 34.7 Å². The van der Waals surface area contributed by atoms with Gasteiger partial charge in [0, 0.05) is 51.0 Å². The lowest BCUT2D eigenvalue weighted by Gasteiger charge is -2.42. The van der Waals surface area contributed by atoms with Crippen molar-refractivity contribution in [3.05, 3.63) is 34.7 Å². The van der Waals surface area contributed by atoms with Crippen LogP contribution in [0.4, 0.5) is 17.2 Å². The summed E-state index contributed by atoms with van der Waals surface area (Å²) in [7, 11) is 3.88. The number of primary amides is 1. The highest BCUT2D eigenvalue weighted by atomic mass is 35.5. The normalized spacial score (nSPS) is 18.2. The second-order valence-electron chi connectivity index (χ2n) is 8.95. The summed E-state index contributed by atoms with van der Waals surface area (Å²) in [6, 6.07) is 6.45. The molecule has 0 saturated carbocycles. The van der Waals surface area contributed by atoms with Crippen LogP contribution in [0, 0.1) is 0 Å². The predicted octanol–water partition coefficient (Wildman–Crippen LogP) is 2.76. The maximum absolute atomic E-state index is 12.0. The third kappa shape index (κ3) is 5.37. The van der Waals surface area contributed by atoms with Crippen LogP contribution < -0.4 is 20.7 Å². The molecule has 0 radical (unpaired) electrons. The summed E-state index contributed by atoms with van der Waals surface area (Å²) in [6.07, 6.45) is 2.80. The van der Waals surface area contributed by atoms with E-state index in [0.717, 1.165) is 69.2 Å². The fourth-order valence-electron chi connectivity index (χ4n) is 4.74. The van der Waals surface area contributed by atoms with Crippen LogP contribution in [-0.4, -0.2) is 85.1 Å². The number of methoxy groups -OCH3 is 1. The van der Waals surface area contributed by atoms with Crippen molar-refractivity contribution in [2.75, 3.05) is 63.6 Å². The number of aryl methyl sites for hydroxylation is 1. The highest BCUT2D eigenvalue weighted by Crippen LogP contribution is 2.35. The number of aromatic nitrogens is 2. The molecule has 4 rings (SSSR count). The van der Waals surface area contributed by atoms with Gasteiger partial charge in [0.05, 0.1) is 18.5 Å². The minimum absolute atomic E-state index is 0.0756. The van der Waals surface area contributed by atoms with Gasteiger partial charge in [-0.1, -0.05) is 18.5 Å². The van der Waals surface area contributed by atoms with Gasteiger partial charge in [0.1, 0.15) is 5.75 Å². The van der Waals surface area contributed by atoms with Gasteiger partial charge in [-0.3, -0.25) is 9.69 Å². The Balaban J connectivity index is 1.51. The van der Waals surface area contributed by atoms with Crippen LogP contribution in [0.1, 0.15) is 35.9 Å². The van der Waals surface area contributed by atoms with E-state index in [1.165, 1.54) is 0 Å². The van der Waals surface area contributed by atoms with Gasteiger partial charge in [-0.15, -0.1) is 0 Å². The van der Waals surface area contributed by atoms with Crippen molar-refractivity contribution in [2.24, 2.45) is 5.73 Å². The molecule has 0 bridgehead atoms. The maximum Gasteiger partial charge on any atom is 0.271 e. The summed E-state index contributed by atoms with van der Waals surface area (Å²) in [5.41, 5.74) is 7.94. The molecule has 1 aromatic heterocycles. The Hall–Kier alpha value is -2.62. The number of nitrogens with one attached hydrogen (secondary N) is 1. The average molecular weight is 488 g/mol. The van der Waals surface area contributed by atoms with E-state index in [9.17, 15) is 4.79 Å². The Labute approximate surface area is 206 Å². The number of hydrogen-bond donors (Lipinski definition) is 2. The zero-order chi connectivity index (χ0) is 24.2. The minimum Gasteiger partial charge on any atom is -0.495 e. The smallest absolute Gasteiger partial charge is 0.271 e. The van der Waals surface area contributed by atoms with Crippen LogP contribution in [0.5, 0.6) is 5.75 Å². The topological polar surface area (TPSA) is 99.8 Å². The van der Waals surface area contributed by atoms with Crippen LogP contribution >= 0.6 is 11.6 Å². The highest BCUT2D eigenvalue weighted by Gasteiger charge is 2.28. The molecule has 34 heavy (non-hydrogen) atoms. The van der Waals surface area contributed by atoms with Crippen molar-refractivity contribution in [3.63, 3.8) is 0 Å². The molecule has 1 amide bonds. The van der Waals surface area contributed by atoms with Crippen molar-refractivity contribution < 1.29 is 9.53 Å². The average Bonchev–Trinajstić information content (AvgIpc) is 2.84. The van der Waals surface area contributed by atoms with Gasteiger partial charge < -0.3 is 25.6 Å². The SMILES string of the molecule is CCc1nc(C(N)=O)c(Nc2ccc(OC)c(N3CCC(N4CCN(C)CC4)CC3)c2)nc1Cl. The number of halogens is 1. The first-order valence-electron chi connectivity index (χ1n) is 11.9. The van der Waals surface area contributed by atoms with E-state index in [4.69, 9.17) is 22.1 Å². The molecule has 2 aromatic rings. The molecule has 2 aliphatic heterocycles. The van der Waals surface area contributed by atoms with E-state index >= 15 is 0 Å². The van der Waals surface area contributed by atoms with Gasteiger partial charge in [0.15, 0.2) is 16.7 Å². The van der Waals surface area contributed by atoms with Gasteiger partial charge in [-0.25, -0.2) is 9.97 Å². The molecular weight excluding hydrogens is 454 g/mol. The molecule has 9 nitrogen and oxygen atoms in total. The molecule has 0 unspecified atom stereocenters. The van der Waals surface area contributed by atoms with E-state index < -0.39 is 5.91 Å². The third-order valence-electron chi connectivity index (χ3n) is 6.79. The molecule has 2 saturated heterocycles. The van der Waals surface area contributed by atoms with Crippen molar-refractivity contribution in [3.8, 4) is 5.75 Å². The van der Waals surface area contributed by atoms with E-state index in [-0.39, 0.29) is 16.7 Å². The monoisotopic (exact) mass is 487 g/mol. The lowest BCUT2D eigenvalue weighted by Crippen LogP contribution is -2.52.